The van der Waals surface area contributed by atoms with E-state index >= 15 is 0 Å². The summed E-state index contributed by atoms with van der Waals surface area (Å²) in [5.41, 5.74) is 8.82. The number of rotatable bonds is 5. The van der Waals surface area contributed by atoms with Crippen LogP contribution < -0.4 is 16.6 Å². The topological polar surface area (TPSA) is 133 Å². The Labute approximate surface area is 210 Å². The van der Waals surface area contributed by atoms with Gasteiger partial charge in [0.2, 0.25) is 0 Å². The number of para-hydroxylation sites is 1. The molecule has 1 atom stereocenters. The SMILES string of the molecule is CC(NC(=O)c1c(N)nn2cccnc12)c1cc2cccc(-c3ccon3)c2c(=O)n1-c1ccccc1. The first-order valence-corrected chi connectivity index (χ1v) is 11.6. The fraction of sp³-hybridized carbons (Fsp3) is 0.0741. The second-order valence-electron chi connectivity index (χ2n) is 8.54. The van der Waals surface area contributed by atoms with E-state index in [0.717, 1.165) is 0 Å². The molecule has 0 aliphatic carbocycles. The van der Waals surface area contributed by atoms with Crippen molar-refractivity contribution in [3.05, 3.63) is 107 Å². The van der Waals surface area contributed by atoms with Crippen LogP contribution in [-0.2, 0) is 0 Å². The Bertz CT molecular complexity index is 1820. The third-order valence-corrected chi connectivity index (χ3v) is 6.24. The number of nitrogens with one attached hydrogen (secondary N) is 1. The molecule has 10 heteroatoms. The molecule has 6 rings (SSSR count). The highest BCUT2D eigenvalue weighted by molar-refractivity contribution is 6.04. The van der Waals surface area contributed by atoms with Crippen LogP contribution in [0.15, 0.2) is 94.7 Å². The molecular formula is C27H21N7O3. The molecule has 0 aliphatic heterocycles. The van der Waals surface area contributed by atoms with Gasteiger partial charge in [-0.25, -0.2) is 9.50 Å². The van der Waals surface area contributed by atoms with Gasteiger partial charge in [-0.2, -0.15) is 0 Å². The lowest BCUT2D eigenvalue weighted by Crippen LogP contribution is -2.32. The molecule has 6 aromatic rings. The summed E-state index contributed by atoms with van der Waals surface area (Å²) < 4.78 is 8.09. The number of nitrogen functional groups attached to an aromatic ring is 1. The van der Waals surface area contributed by atoms with E-state index in [1.807, 2.05) is 61.5 Å². The standard InChI is InChI=1S/C27H21N7O3/c1-16(30-26(35)23-24(28)31-33-13-6-12-29-25(23)33)21-15-17-7-5-10-19(20-11-14-37-32-20)22(17)27(36)34(21)18-8-3-2-4-9-18/h2-16H,1H3,(H2,28,31)(H,30,35). The number of carbonyl (C=O) groups excluding carboxylic acids is 1. The molecule has 3 N–H and O–H groups in total. The van der Waals surface area contributed by atoms with E-state index in [-0.39, 0.29) is 16.9 Å². The zero-order valence-electron chi connectivity index (χ0n) is 19.7. The van der Waals surface area contributed by atoms with Gasteiger partial charge in [-0.15, -0.1) is 5.10 Å². The van der Waals surface area contributed by atoms with Gasteiger partial charge in [-0.3, -0.25) is 14.2 Å². The van der Waals surface area contributed by atoms with Crippen molar-refractivity contribution in [2.24, 2.45) is 0 Å². The monoisotopic (exact) mass is 491 g/mol. The van der Waals surface area contributed by atoms with Gasteiger partial charge < -0.3 is 15.6 Å². The Morgan fingerprint density at radius 2 is 1.92 bits per heavy atom. The molecular weight excluding hydrogens is 470 g/mol. The number of amides is 1. The zero-order valence-corrected chi connectivity index (χ0v) is 19.7. The quantitative estimate of drug-likeness (QED) is 0.375. The van der Waals surface area contributed by atoms with Crippen molar-refractivity contribution in [3.63, 3.8) is 0 Å². The van der Waals surface area contributed by atoms with E-state index < -0.39 is 11.9 Å². The van der Waals surface area contributed by atoms with Crippen LogP contribution in [-0.4, -0.2) is 30.2 Å². The highest BCUT2D eigenvalue weighted by Gasteiger charge is 2.24. The number of hydrogen-bond acceptors (Lipinski definition) is 7. The summed E-state index contributed by atoms with van der Waals surface area (Å²) in [6.07, 6.45) is 4.71. The number of carbonyl (C=O) groups is 1. The minimum Gasteiger partial charge on any atom is -0.381 e. The van der Waals surface area contributed by atoms with Crippen molar-refractivity contribution < 1.29 is 9.32 Å². The number of benzene rings is 2. The van der Waals surface area contributed by atoms with Crippen LogP contribution in [0.4, 0.5) is 5.82 Å². The molecule has 4 aromatic heterocycles. The Morgan fingerprint density at radius 3 is 2.70 bits per heavy atom. The largest absolute Gasteiger partial charge is 0.381 e. The van der Waals surface area contributed by atoms with Gasteiger partial charge in [-0.1, -0.05) is 41.6 Å². The number of pyridine rings is 1. The smallest absolute Gasteiger partial charge is 0.263 e. The van der Waals surface area contributed by atoms with Crippen LogP contribution in [0.1, 0.15) is 29.0 Å². The molecule has 0 radical (unpaired) electrons. The van der Waals surface area contributed by atoms with E-state index in [2.05, 4.69) is 20.6 Å². The number of nitrogens with zero attached hydrogens (tertiary/aromatic N) is 5. The van der Waals surface area contributed by atoms with E-state index in [9.17, 15) is 9.59 Å². The summed E-state index contributed by atoms with van der Waals surface area (Å²) in [5.74, 6) is -0.373. The molecule has 182 valence electrons. The molecule has 37 heavy (non-hydrogen) atoms. The van der Waals surface area contributed by atoms with Gasteiger partial charge >= 0.3 is 0 Å². The Kier molecular flexibility index (Phi) is 5.26. The minimum absolute atomic E-state index is 0.0691. The maximum atomic E-state index is 14.1. The average Bonchev–Trinajstić information content (AvgIpc) is 3.56. The summed E-state index contributed by atoms with van der Waals surface area (Å²) in [6.45, 7) is 1.81. The number of anilines is 1. The molecule has 0 saturated heterocycles. The molecule has 1 amide bonds. The Balaban J connectivity index is 1.51. The van der Waals surface area contributed by atoms with Crippen molar-refractivity contribution in [2.75, 3.05) is 5.73 Å². The lowest BCUT2D eigenvalue weighted by atomic mass is 10.0. The van der Waals surface area contributed by atoms with Crippen LogP contribution in [0.3, 0.4) is 0 Å². The lowest BCUT2D eigenvalue weighted by molar-refractivity contribution is 0.0941. The van der Waals surface area contributed by atoms with Crippen molar-refractivity contribution in [2.45, 2.75) is 13.0 Å². The number of nitrogens with two attached hydrogens (primary N) is 1. The third kappa shape index (κ3) is 3.71. The van der Waals surface area contributed by atoms with Crippen molar-refractivity contribution in [1.82, 2.24) is 29.6 Å². The molecule has 4 heterocycles. The van der Waals surface area contributed by atoms with Crippen LogP contribution in [0.5, 0.6) is 0 Å². The summed E-state index contributed by atoms with van der Waals surface area (Å²) in [5, 5.41) is 12.4. The van der Waals surface area contributed by atoms with Gasteiger partial charge in [0.1, 0.15) is 17.5 Å². The number of fused-ring (bicyclic) bond motifs is 2. The molecule has 1 unspecified atom stereocenters. The highest BCUT2D eigenvalue weighted by Crippen LogP contribution is 2.28. The van der Waals surface area contributed by atoms with Gasteiger partial charge in [0.25, 0.3) is 11.5 Å². The molecule has 0 fully saturated rings. The Morgan fingerprint density at radius 1 is 1.08 bits per heavy atom. The van der Waals surface area contributed by atoms with Gasteiger partial charge in [0.15, 0.2) is 11.5 Å². The van der Waals surface area contributed by atoms with E-state index in [0.29, 0.717) is 39.1 Å². The number of aromatic nitrogens is 5. The van der Waals surface area contributed by atoms with Crippen molar-refractivity contribution in [1.29, 1.82) is 0 Å². The second-order valence-corrected chi connectivity index (χ2v) is 8.54. The Hall–Kier alpha value is -5.25. The van der Waals surface area contributed by atoms with Gasteiger partial charge in [0.05, 0.1) is 11.4 Å². The fourth-order valence-electron chi connectivity index (χ4n) is 4.57. The maximum Gasteiger partial charge on any atom is 0.263 e. The highest BCUT2D eigenvalue weighted by atomic mass is 16.5. The first-order chi connectivity index (χ1) is 18.0. The normalized spacial score (nSPS) is 12.1. The van der Waals surface area contributed by atoms with Crippen molar-refractivity contribution >= 4 is 28.1 Å². The van der Waals surface area contributed by atoms with Gasteiger partial charge in [-0.05, 0) is 36.6 Å². The van der Waals surface area contributed by atoms with Gasteiger partial charge in [0, 0.05) is 35.4 Å². The summed E-state index contributed by atoms with van der Waals surface area (Å²) in [4.78, 5) is 31.6. The molecule has 0 spiro atoms. The van der Waals surface area contributed by atoms with Crippen LogP contribution in [0, 0.1) is 0 Å². The predicted octanol–water partition coefficient (Wildman–Crippen LogP) is 3.76. The molecule has 0 aliphatic rings. The summed E-state index contributed by atoms with van der Waals surface area (Å²) >= 11 is 0. The number of hydrogen-bond donors (Lipinski definition) is 2. The molecule has 2 aromatic carbocycles. The lowest BCUT2D eigenvalue weighted by Gasteiger charge is -2.21. The third-order valence-electron chi connectivity index (χ3n) is 6.24. The summed E-state index contributed by atoms with van der Waals surface area (Å²) in [7, 11) is 0. The zero-order chi connectivity index (χ0) is 25.5. The van der Waals surface area contributed by atoms with Crippen LogP contribution >= 0.6 is 0 Å². The van der Waals surface area contributed by atoms with Crippen molar-refractivity contribution in [3.8, 4) is 16.9 Å². The van der Waals surface area contributed by atoms with Crippen LogP contribution in [0.25, 0.3) is 33.4 Å². The van der Waals surface area contributed by atoms with E-state index in [1.165, 1.54) is 10.8 Å². The second kappa shape index (κ2) is 8.76. The predicted molar refractivity (Wildman–Crippen MR) is 138 cm³/mol. The van der Waals surface area contributed by atoms with E-state index in [1.54, 1.807) is 29.1 Å². The molecule has 0 bridgehead atoms. The summed E-state index contributed by atoms with van der Waals surface area (Å²) in [6, 6.07) is 19.6. The molecule has 0 saturated carbocycles. The molecule has 10 nitrogen and oxygen atoms in total. The minimum atomic E-state index is -0.571. The average molecular weight is 492 g/mol. The van der Waals surface area contributed by atoms with E-state index in [4.69, 9.17) is 10.3 Å². The first-order valence-electron chi connectivity index (χ1n) is 11.6. The first kappa shape index (κ1) is 22.2. The van der Waals surface area contributed by atoms with Crippen LogP contribution in [0.2, 0.25) is 0 Å². The fourth-order valence-corrected chi connectivity index (χ4v) is 4.57. The maximum absolute atomic E-state index is 14.1.